The lowest BCUT2D eigenvalue weighted by molar-refractivity contribution is -0.388. The fraction of sp³-hybridized carbons (Fsp3) is 0.533. The molecule has 1 amide bonds. The van der Waals surface area contributed by atoms with E-state index in [-0.39, 0.29) is 6.07 Å². The Morgan fingerprint density at radius 3 is 2.06 bits per heavy atom. The molecule has 0 spiro atoms. The van der Waals surface area contributed by atoms with Crippen LogP contribution in [0.3, 0.4) is 0 Å². The van der Waals surface area contributed by atoms with Crippen LogP contribution in [-0.4, -0.2) is 52.6 Å². The molecule has 182 valence electrons. The zero-order valence-corrected chi connectivity index (χ0v) is 15.5. The van der Waals surface area contributed by atoms with Gasteiger partial charge in [0.15, 0.2) is 12.3 Å². The summed E-state index contributed by atoms with van der Waals surface area (Å²) in [5.41, 5.74) is -7.14. The SMILES string of the molecule is CC(O)(CNC(F)(F)C(F)(F)C(F)(F)CF)C(=O)Nc1ccc([N+](=O)[O-])c(C(F)(F)F)c1. The molecule has 1 aromatic carbocycles. The molecular formula is C15H13F10N3O4. The first-order valence-electron chi connectivity index (χ1n) is 8.03. The quantitative estimate of drug-likeness (QED) is 0.212. The van der Waals surface area contributed by atoms with Crippen LogP contribution in [0.4, 0.5) is 55.3 Å². The number of amides is 1. The summed E-state index contributed by atoms with van der Waals surface area (Å²) in [7, 11) is 0. The van der Waals surface area contributed by atoms with E-state index >= 15 is 0 Å². The molecule has 0 aliphatic rings. The van der Waals surface area contributed by atoms with Crippen molar-refractivity contribution in [3.8, 4) is 0 Å². The van der Waals surface area contributed by atoms with Gasteiger partial charge in [-0.3, -0.25) is 14.9 Å². The van der Waals surface area contributed by atoms with Crippen LogP contribution in [0.15, 0.2) is 18.2 Å². The minimum atomic E-state index is -6.29. The average molecular weight is 489 g/mol. The summed E-state index contributed by atoms with van der Waals surface area (Å²) in [6.45, 7) is -4.59. The number of carbonyl (C=O) groups excluding carboxylic acids is 1. The third kappa shape index (κ3) is 5.56. The second-order valence-electron chi connectivity index (χ2n) is 6.56. The van der Waals surface area contributed by atoms with Gasteiger partial charge in [0.1, 0.15) is 5.56 Å². The zero-order chi connectivity index (χ0) is 25.3. The Hall–Kier alpha value is -2.69. The van der Waals surface area contributed by atoms with Gasteiger partial charge in [-0.1, -0.05) is 0 Å². The fourth-order valence-electron chi connectivity index (χ4n) is 2.05. The topological polar surface area (TPSA) is 104 Å². The second kappa shape index (κ2) is 8.68. The van der Waals surface area contributed by atoms with Crippen molar-refractivity contribution in [1.82, 2.24) is 5.32 Å². The molecule has 1 unspecified atom stereocenters. The minimum Gasteiger partial charge on any atom is -0.379 e. The van der Waals surface area contributed by atoms with Gasteiger partial charge < -0.3 is 10.4 Å². The lowest BCUT2D eigenvalue weighted by atomic mass is 10.0. The van der Waals surface area contributed by atoms with Gasteiger partial charge in [0.25, 0.3) is 11.6 Å². The lowest BCUT2D eigenvalue weighted by Gasteiger charge is -2.33. The number of nitro groups is 1. The van der Waals surface area contributed by atoms with E-state index in [9.17, 15) is 63.9 Å². The van der Waals surface area contributed by atoms with E-state index in [2.05, 4.69) is 0 Å². The molecule has 0 bridgehead atoms. The molecule has 0 aliphatic heterocycles. The highest BCUT2D eigenvalue weighted by atomic mass is 19.4. The van der Waals surface area contributed by atoms with Crippen LogP contribution in [0.25, 0.3) is 0 Å². The highest BCUT2D eigenvalue weighted by Crippen LogP contribution is 2.44. The molecule has 0 aromatic heterocycles. The Morgan fingerprint density at radius 2 is 1.62 bits per heavy atom. The molecule has 17 heteroatoms. The maximum Gasteiger partial charge on any atom is 0.423 e. The number of nitro benzene ring substituents is 1. The molecule has 1 aromatic rings. The van der Waals surface area contributed by atoms with Crippen molar-refractivity contribution in [2.45, 2.75) is 36.6 Å². The molecule has 1 rings (SSSR count). The summed E-state index contributed by atoms with van der Waals surface area (Å²) in [5.74, 6) is -13.9. The van der Waals surface area contributed by atoms with E-state index in [0.29, 0.717) is 24.4 Å². The number of benzene rings is 1. The van der Waals surface area contributed by atoms with Crippen molar-refractivity contribution < 1.29 is 58.7 Å². The van der Waals surface area contributed by atoms with Crippen LogP contribution >= 0.6 is 0 Å². The van der Waals surface area contributed by atoms with Crippen molar-refractivity contribution >= 4 is 17.3 Å². The molecule has 0 saturated carbocycles. The summed E-state index contributed by atoms with van der Waals surface area (Å²) in [6.07, 6.45) is -5.26. The average Bonchev–Trinajstić information content (AvgIpc) is 2.65. The summed E-state index contributed by atoms with van der Waals surface area (Å²) < 4.78 is 130. The van der Waals surface area contributed by atoms with E-state index in [1.54, 1.807) is 5.32 Å². The number of rotatable bonds is 9. The fourth-order valence-corrected chi connectivity index (χ4v) is 2.05. The highest BCUT2D eigenvalue weighted by molar-refractivity contribution is 5.97. The first-order valence-corrected chi connectivity index (χ1v) is 8.03. The molecule has 0 saturated heterocycles. The molecule has 1 atom stereocenters. The number of carbonyl (C=O) groups is 1. The molecule has 3 N–H and O–H groups in total. The number of nitrogens with one attached hydrogen (secondary N) is 2. The Bertz CT molecular complexity index is 874. The molecule has 32 heavy (non-hydrogen) atoms. The molecule has 0 fully saturated rings. The number of anilines is 1. The third-order valence-electron chi connectivity index (χ3n) is 3.92. The number of aliphatic hydroxyl groups is 1. The maximum absolute atomic E-state index is 13.5. The largest absolute Gasteiger partial charge is 0.423 e. The van der Waals surface area contributed by atoms with Crippen molar-refractivity contribution in [3.05, 3.63) is 33.9 Å². The molecule has 0 heterocycles. The number of alkyl halides is 10. The smallest absolute Gasteiger partial charge is 0.379 e. The van der Waals surface area contributed by atoms with Gasteiger partial charge in [-0.05, 0) is 19.1 Å². The maximum atomic E-state index is 13.5. The number of hydrogen-bond donors (Lipinski definition) is 3. The Labute approximate surface area is 171 Å². The monoisotopic (exact) mass is 489 g/mol. The van der Waals surface area contributed by atoms with Gasteiger partial charge in [0, 0.05) is 18.3 Å². The summed E-state index contributed by atoms with van der Waals surface area (Å²) in [5, 5.41) is 22.6. The first-order chi connectivity index (χ1) is 14.2. The van der Waals surface area contributed by atoms with Crippen LogP contribution < -0.4 is 10.6 Å². The van der Waals surface area contributed by atoms with E-state index < -0.39 is 70.7 Å². The van der Waals surface area contributed by atoms with E-state index in [1.807, 2.05) is 0 Å². The van der Waals surface area contributed by atoms with Crippen molar-refractivity contribution in [2.75, 3.05) is 18.5 Å². The highest BCUT2D eigenvalue weighted by Gasteiger charge is 2.72. The molecular weight excluding hydrogens is 476 g/mol. The van der Waals surface area contributed by atoms with Crippen molar-refractivity contribution in [3.63, 3.8) is 0 Å². The van der Waals surface area contributed by atoms with Crippen molar-refractivity contribution in [1.29, 1.82) is 0 Å². The summed E-state index contributed by atoms with van der Waals surface area (Å²) in [4.78, 5) is 21.3. The van der Waals surface area contributed by atoms with Crippen LogP contribution in [0.2, 0.25) is 0 Å². The first kappa shape index (κ1) is 27.3. The number of nitrogens with zero attached hydrogens (tertiary/aromatic N) is 1. The zero-order valence-electron chi connectivity index (χ0n) is 15.5. The number of halogens is 10. The van der Waals surface area contributed by atoms with Gasteiger partial charge in [-0.2, -0.15) is 39.5 Å². The summed E-state index contributed by atoms with van der Waals surface area (Å²) in [6, 6.07) is -4.84. The summed E-state index contributed by atoms with van der Waals surface area (Å²) >= 11 is 0. The van der Waals surface area contributed by atoms with Crippen LogP contribution in [0.1, 0.15) is 12.5 Å². The van der Waals surface area contributed by atoms with Crippen LogP contribution in [-0.2, 0) is 11.0 Å². The second-order valence-corrected chi connectivity index (χ2v) is 6.56. The predicted octanol–water partition coefficient (Wildman–Crippen LogP) is 3.73. The Kier molecular flexibility index (Phi) is 7.42. The van der Waals surface area contributed by atoms with Crippen molar-refractivity contribution in [2.24, 2.45) is 0 Å². The van der Waals surface area contributed by atoms with E-state index in [4.69, 9.17) is 0 Å². The molecule has 7 nitrogen and oxygen atoms in total. The predicted molar refractivity (Wildman–Crippen MR) is 86.2 cm³/mol. The van der Waals surface area contributed by atoms with E-state index in [1.165, 1.54) is 0 Å². The Morgan fingerprint density at radius 1 is 1.09 bits per heavy atom. The third-order valence-corrected chi connectivity index (χ3v) is 3.92. The normalized spacial score (nSPS) is 15.2. The number of hydrogen-bond acceptors (Lipinski definition) is 5. The molecule has 0 aliphatic carbocycles. The Balaban J connectivity index is 3.06. The van der Waals surface area contributed by atoms with Gasteiger partial charge in [-0.25, -0.2) is 9.71 Å². The van der Waals surface area contributed by atoms with Crippen LogP contribution in [0.5, 0.6) is 0 Å². The molecule has 0 radical (unpaired) electrons. The van der Waals surface area contributed by atoms with Gasteiger partial charge in [-0.15, -0.1) is 0 Å². The van der Waals surface area contributed by atoms with Gasteiger partial charge in [0.2, 0.25) is 0 Å². The standard InChI is InChI=1S/C15H13F10N3O4/c1-11(30,6-26-15(24,25)14(22,23)12(17,18)5-16)10(29)27-7-2-3-9(28(31)32)8(4-7)13(19,20)21/h2-4,26,30H,5-6H2,1H3,(H,27,29). The van der Waals surface area contributed by atoms with Gasteiger partial charge in [0.05, 0.1) is 4.92 Å². The minimum absolute atomic E-state index is 0.0735. The van der Waals surface area contributed by atoms with E-state index in [0.717, 1.165) is 0 Å². The lowest BCUT2D eigenvalue weighted by Crippen LogP contribution is -2.64. The van der Waals surface area contributed by atoms with Gasteiger partial charge >= 0.3 is 24.1 Å². The van der Waals surface area contributed by atoms with Crippen LogP contribution in [0, 0.1) is 10.1 Å².